The highest BCUT2D eigenvalue weighted by atomic mass is 19.1. The molecule has 4 aromatic rings. The summed E-state index contributed by atoms with van der Waals surface area (Å²) < 4.78 is 30.9. The van der Waals surface area contributed by atoms with Crippen LogP contribution >= 0.6 is 0 Å². The number of halogens is 1. The second kappa shape index (κ2) is 10.7. The molecule has 1 aromatic carbocycles. The molecular weight excluding hydrogens is 491 g/mol. The number of hydrogen-bond donors (Lipinski definition) is 3. The van der Waals surface area contributed by atoms with Gasteiger partial charge in [0.05, 0.1) is 48.5 Å². The van der Waals surface area contributed by atoms with Crippen LogP contribution in [-0.4, -0.2) is 45.1 Å². The third-order valence-corrected chi connectivity index (χ3v) is 6.05. The van der Waals surface area contributed by atoms with Crippen molar-refractivity contribution in [3.63, 3.8) is 0 Å². The van der Waals surface area contributed by atoms with E-state index in [1.807, 2.05) is 26.0 Å². The van der Waals surface area contributed by atoms with E-state index in [1.54, 1.807) is 37.6 Å². The Morgan fingerprint density at radius 2 is 1.92 bits per heavy atom. The molecule has 0 saturated carbocycles. The Balaban J connectivity index is 1.42. The number of carbonyl (C=O) groups is 1. The van der Waals surface area contributed by atoms with Gasteiger partial charge in [-0.2, -0.15) is 0 Å². The predicted octanol–water partition coefficient (Wildman–Crippen LogP) is 4.45. The van der Waals surface area contributed by atoms with Gasteiger partial charge >= 0.3 is 0 Å². The molecule has 1 aliphatic rings. The molecule has 1 fully saturated rings. The van der Waals surface area contributed by atoms with Crippen molar-refractivity contribution in [2.24, 2.45) is 5.41 Å². The molecular formula is C27H29FN6O4. The topological polar surface area (TPSA) is 127 Å². The van der Waals surface area contributed by atoms with E-state index >= 15 is 0 Å². The van der Waals surface area contributed by atoms with Crippen molar-refractivity contribution in [2.45, 2.75) is 39.6 Å². The smallest absolute Gasteiger partial charge is 0.230 e. The first kappa shape index (κ1) is 25.6. The summed E-state index contributed by atoms with van der Waals surface area (Å²) >= 11 is 0. The molecule has 5 rings (SSSR count). The van der Waals surface area contributed by atoms with Crippen LogP contribution in [0.25, 0.3) is 22.6 Å². The van der Waals surface area contributed by atoms with E-state index in [1.165, 1.54) is 12.1 Å². The number of anilines is 1. The number of amides is 1. The number of ether oxygens (including phenoxy) is 2. The van der Waals surface area contributed by atoms with E-state index in [-0.39, 0.29) is 31.0 Å². The number of benzene rings is 1. The van der Waals surface area contributed by atoms with E-state index in [9.17, 15) is 9.18 Å². The van der Waals surface area contributed by atoms with Crippen molar-refractivity contribution in [2.75, 3.05) is 18.5 Å². The molecule has 1 aliphatic heterocycles. The Kier molecular flexibility index (Phi) is 7.21. The lowest BCUT2D eigenvalue weighted by Crippen LogP contribution is -2.50. The number of aromatic nitrogens is 4. The zero-order valence-electron chi connectivity index (χ0n) is 21.3. The van der Waals surface area contributed by atoms with Crippen LogP contribution in [-0.2, 0) is 20.8 Å². The molecule has 4 heterocycles. The highest BCUT2D eigenvalue weighted by molar-refractivity contribution is 5.83. The maximum absolute atomic E-state index is 13.7. The van der Waals surface area contributed by atoms with E-state index in [0.29, 0.717) is 41.0 Å². The summed E-state index contributed by atoms with van der Waals surface area (Å²) in [6.07, 6.45) is 2.42. The standard InChI is InChI=1S/C27H29FN6O4/c1-16(2)31-25(35)27(3)14-37-24(38-15-27)23-33-21(17-6-8-18(28)9-7-17)22(34-23)20-10-11-29-26(32-20)30-13-19-5-4-12-36-19/h4-12,16,24H,13-15H2,1-3H3,(H,31,35)(H,33,34)(H,29,30,32). The monoisotopic (exact) mass is 520 g/mol. The van der Waals surface area contributed by atoms with Gasteiger partial charge in [0.1, 0.15) is 11.6 Å². The quantitative estimate of drug-likeness (QED) is 0.311. The van der Waals surface area contributed by atoms with Crippen molar-refractivity contribution in [3.05, 3.63) is 72.3 Å². The number of furan rings is 1. The molecule has 0 unspecified atom stereocenters. The number of H-pyrrole nitrogens is 1. The summed E-state index contributed by atoms with van der Waals surface area (Å²) in [5.74, 6) is 1.08. The minimum Gasteiger partial charge on any atom is -0.467 e. The van der Waals surface area contributed by atoms with E-state index in [2.05, 4.69) is 25.6 Å². The maximum atomic E-state index is 13.7. The number of rotatable bonds is 8. The minimum atomic E-state index is -0.822. The average molecular weight is 521 g/mol. The Morgan fingerprint density at radius 3 is 2.61 bits per heavy atom. The van der Waals surface area contributed by atoms with Gasteiger partial charge < -0.3 is 29.5 Å². The van der Waals surface area contributed by atoms with Gasteiger partial charge in [-0.1, -0.05) is 0 Å². The van der Waals surface area contributed by atoms with Crippen molar-refractivity contribution in [1.82, 2.24) is 25.3 Å². The number of hydrogen-bond acceptors (Lipinski definition) is 8. The molecule has 0 aliphatic carbocycles. The fraction of sp³-hybridized carbons (Fsp3) is 0.333. The van der Waals surface area contributed by atoms with Crippen LogP contribution in [0.2, 0.25) is 0 Å². The highest BCUT2D eigenvalue weighted by Crippen LogP contribution is 2.35. The Bertz CT molecular complexity index is 1380. The predicted molar refractivity (Wildman–Crippen MR) is 137 cm³/mol. The van der Waals surface area contributed by atoms with Crippen LogP contribution in [0.3, 0.4) is 0 Å². The summed E-state index contributed by atoms with van der Waals surface area (Å²) in [5, 5.41) is 6.05. The molecule has 198 valence electrons. The maximum Gasteiger partial charge on any atom is 0.230 e. The summed E-state index contributed by atoms with van der Waals surface area (Å²) in [6.45, 7) is 6.35. The second-order valence-corrected chi connectivity index (χ2v) is 9.69. The molecule has 3 N–H and O–H groups in total. The van der Waals surface area contributed by atoms with E-state index < -0.39 is 11.7 Å². The number of aromatic amines is 1. The number of imidazole rings is 1. The summed E-state index contributed by atoms with van der Waals surface area (Å²) in [4.78, 5) is 29.6. The largest absolute Gasteiger partial charge is 0.467 e. The summed E-state index contributed by atoms with van der Waals surface area (Å²) in [5.41, 5.74) is 1.57. The molecule has 0 radical (unpaired) electrons. The van der Waals surface area contributed by atoms with Gasteiger partial charge in [0.2, 0.25) is 18.1 Å². The number of nitrogens with one attached hydrogen (secondary N) is 3. The van der Waals surface area contributed by atoms with E-state index in [0.717, 1.165) is 5.76 Å². The second-order valence-electron chi connectivity index (χ2n) is 9.69. The van der Waals surface area contributed by atoms with Gasteiger partial charge in [-0.25, -0.2) is 19.3 Å². The fourth-order valence-electron chi connectivity index (χ4n) is 4.00. The molecule has 11 heteroatoms. The molecule has 0 atom stereocenters. The lowest BCUT2D eigenvalue weighted by molar-refractivity contribution is -0.231. The SMILES string of the molecule is CC(C)NC(=O)C1(C)COC(c2nc(-c3ccc(F)cc3)c(-c3ccnc(NCc4ccco4)n3)[nH]2)OC1. The van der Waals surface area contributed by atoms with Gasteiger partial charge in [-0.15, -0.1) is 0 Å². The number of carbonyl (C=O) groups excluding carboxylic acids is 1. The van der Waals surface area contributed by atoms with Gasteiger partial charge in [0.15, 0.2) is 5.82 Å². The van der Waals surface area contributed by atoms with Crippen LogP contribution in [0.4, 0.5) is 10.3 Å². The molecule has 3 aromatic heterocycles. The average Bonchev–Trinajstić information content (AvgIpc) is 3.59. The van der Waals surface area contributed by atoms with Crippen LogP contribution in [0.5, 0.6) is 0 Å². The van der Waals surface area contributed by atoms with Crippen molar-refractivity contribution >= 4 is 11.9 Å². The Labute approximate surface area is 219 Å². The normalized spacial score (nSPS) is 19.4. The molecule has 0 bridgehead atoms. The Morgan fingerprint density at radius 1 is 1.16 bits per heavy atom. The third-order valence-electron chi connectivity index (χ3n) is 6.05. The Hall–Kier alpha value is -4.09. The fourth-order valence-corrected chi connectivity index (χ4v) is 4.00. The van der Waals surface area contributed by atoms with Crippen LogP contribution in [0.15, 0.2) is 59.3 Å². The molecule has 38 heavy (non-hydrogen) atoms. The van der Waals surface area contributed by atoms with Gasteiger partial charge in [0, 0.05) is 17.8 Å². The first-order valence-corrected chi connectivity index (χ1v) is 12.3. The minimum absolute atomic E-state index is 0.00859. The van der Waals surface area contributed by atoms with Gasteiger partial charge in [-0.3, -0.25) is 4.79 Å². The van der Waals surface area contributed by atoms with Gasteiger partial charge in [0.25, 0.3) is 0 Å². The zero-order valence-corrected chi connectivity index (χ0v) is 21.3. The van der Waals surface area contributed by atoms with E-state index in [4.69, 9.17) is 18.9 Å². The lowest BCUT2D eigenvalue weighted by Gasteiger charge is -2.35. The molecule has 1 amide bonds. The molecule has 0 spiro atoms. The van der Waals surface area contributed by atoms with Crippen molar-refractivity contribution in [1.29, 1.82) is 0 Å². The van der Waals surface area contributed by atoms with Crippen LogP contribution in [0.1, 0.15) is 38.6 Å². The first-order chi connectivity index (χ1) is 18.3. The van der Waals surface area contributed by atoms with Crippen LogP contribution in [0, 0.1) is 11.2 Å². The molecule has 10 nitrogen and oxygen atoms in total. The lowest BCUT2D eigenvalue weighted by atomic mass is 9.90. The summed E-state index contributed by atoms with van der Waals surface area (Å²) in [6, 6.07) is 11.5. The highest BCUT2D eigenvalue weighted by Gasteiger charge is 2.41. The van der Waals surface area contributed by atoms with Gasteiger partial charge in [-0.05, 0) is 63.2 Å². The van der Waals surface area contributed by atoms with Crippen molar-refractivity contribution in [3.8, 4) is 22.6 Å². The third kappa shape index (κ3) is 5.58. The zero-order chi connectivity index (χ0) is 26.7. The summed E-state index contributed by atoms with van der Waals surface area (Å²) in [7, 11) is 0. The van der Waals surface area contributed by atoms with Crippen LogP contribution < -0.4 is 10.6 Å². The molecule has 1 saturated heterocycles. The number of nitrogens with zero attached hydrogens (tertiary/aromatic N) is 3. The first-order valence-electron chi connectivity index (χ1n) is 12.3. The van der Waals surface area contributed by atoms with Crippen molar-refractivity contribution < 1.29 is 23.1 Å².